The summed E-state index contributed by atoms with van der Waals surface area (Å²) in [6, 6.07) is 3.28. The van der Waals surface area contributed by atoms with E-state index in [0.717, 1.165) is 0 Å². The first kappa shape index (κ1) is 13.8. The molecule has 0 aliphatic rings. The summed E-state index contributed by atoms with van der Waals surface area (Å²) in [6.45, 7) is 1.29. The van der Waals surface area contributed by atoms with Crippen LogP contribution in [-0.2, 0) is 9.59 Å². The van der Waals surface area contributed by atoms with Crippen LogP contribution in [0, 0.1) is 0 Å². The largest absolute Gasteiger partial charge is 0.493 e. The number of carbonyl (C=O) groups is 2. The number of carbonyl (C=O) groups excluding carboxylic acids is 2. The first-order valence-corrected chi connectivity index (χ1v) is 5.18. The molecule has 0 aromatic heterocycles. The monoisotopic (exact) mass is 250 g/mol. The molecule has 0 amide bonds. The van der Waals surface area contributed by atoms with Gasteiger partial charge in [0.1, 0.15) is 6.29 Å². The normalized spacial score (nSPS) is 10.2. The number of esters is 1. The fraction of sp³-hybridized carbons (Fsp3) is 0.231. The number of ether oxygens (including phenoxy) is 3. The number of aldehydes is 1. The van der Waals surface area contributed by atoms with E-state index < -0.39 is 5.97 Å². The molecule has 0 atom stereocenters. The van der Waals surface area contributed by atoms with Crippen LogP contribution in [-0.4, -0.2) is 26.5 Å². The molecular formula is C13H14O5. The predicted molar refractivity (Wildman–Crippen MR) is 66.0 cm³/mol. The highest BCUT2D eigenvalue weighted by molar-refractivity contribution is 5.76. The molecule has 0 bridgehead atoms. The third kappa shape index (κ3) is 3.35. The maximum atomic E-state index is 11.0. The summed E-state index contributed by atoms with van der Waals surface area (Å²) in [5.74, 6) is 0.462. The van der Waals surface area contributed by atoms with Crippen LogP contribution < -0.4 is 14.2 Å². The van der Waals surface area contributed by atoms with Gasteiger partial charge in [0.15, 0.2) is 11.5 Å². The molecule has 18 heavy (non-hydrogen) atoms. The minimum Gasteiger partial charge on any atom is -0.493 e. The molecule has 0 fully saturated rings. The zero-order valence-corrected chi connectivity index (χ0v) is 10.4. The van der Waals surface area contributed by atoms with E-state index in [1.807, 2.05) is 0 Å². The number of allylic oxidation sites excluding steroid dienone is 1. The zero-order chi connectivity index (χ0) is 13.5. The Kier molecular flexibility index (Phi) is 4.92. The summed E-state index contributed by atoms with van der Waals surface area (Å²) < 4.78 is 15.3. The molecule has 5 heteroatoms. The highest BCUT2D eigenvalue weighted by Crippen LogP contribution is 2.38. The van der Waals surface area contributed by atoms with Crippen LogP contribution in [0.5, 0.6) is 17.2 Å². The van der Waals surface area contributed by atoms with Gasteiger partial charge in [-0.2, -0.15) is 0 Å². The van der Waals surface area contributed by atoms with E-state index in [4.69, 9.17) is 14.2 Å². The maximum absolute atomic E-state index is 11.0. The lowest BCUT2D eigenvalue weighted by Crippen LogP contribution is -2.05. The van der Waals surface area contributed by atoms with Crippen LogP contribution >= 0.6 is 0 Å². The highest BCUT2D eigenvalue weighted by Gasteiger charge is 2.15. The van der Waals surface area contributed by atoms with Crippen molar-refractivity contribution in [2.45, 2.75) is 6.92 Å². The summed E-state index contributed by atoms with van der Waals surface area (Å²) in [5.41, 5.74) is 0.701. The van der Waals surface area contributed by atoms with Gasteiger partial charge in [-0.25, -0.2) is 0 Å². The van der Waals surface area contributed by atoms with Crippen LogP contribution in [0.4, 0.5) is 0 Å². The first-order chi connectivity index (χ1) is 8.62. The maximum Gasteiger partial charge on any atom is 0.308 e. The van der Waals surface area contributed by atoms with Gasteiger partial charge in [-0.3, -0.25) is 9.59 Å². The van der Waals surface area contributed by atoms with E-state index in [-0.39, 0.29) is 5.75 Å². The van der Waals surface area contributed by atoms with Gasteiger partial charge < -0.3 is 14.2 Å². The van der Waals surface area contributed by atoms with Crippen molar-refractivity contribution in [1.82, 2.24) is 0 Å². The summed E-state index contributed by atoms with van der Waals surface area (Å²) in [4.78, 5) is 21.3. The van der Waals surface area contributed by atoms with Crippen molar-refractivity contribution in [3.8, 4) is 17.2 Å². The molecular weight excluding hydrogens is 236 g/mol. The van der Waals surface area contributed by atoms with Gasteiger partial charge in [-0.15, -0.1) is 0 Å². The van der Waals surface area contributed by atoms with E-state index in [1.165, 1.54) is 27.2 Å². The number of benzene rings is 1. The van der Waals surface area contributed by atoms with E-state index in [2.05, 4.69) is 0 Å². The molecule has 0 heterocycles. The van der Waals surface area contributed by atoms with E-state index in [9.17, 15) is 9.59 Å². The first-order valence-electron chi connectivity index (χ1n) is 5.18. The Bertz CT molecular complexity index is 451. The third-order valence-electron chi connectivity index (χ3n) is 2.10. The van der Waals surface area contributed by atoms with Crippen LogP contribution in [0.1, 0.15) is 12.5 Å². The number of hydrogen-bond acceptors (Lipinski definition) is 5. The Hall–Kier alpha value is -2.30. The van der Waals surface area contributed by atoms with Crippen LogP contribution in [0.3, 0.4) is 0 Å². The molecule has 0 aliphatic carbocycles. The Morgan fingerprint density at radius 1 is 1.17 bits per heavy atom. The Morgan fingerprint density at radius 2 is 1.72 bits per heavy atom. The standard InChI is InChI=1S/C13H14O5/c1-9(15)18-13-11(16-2)7-10(5-4-6-14)8-12(13)17-3/h4-8H,1-3H3. The minimum atomic E-state index is -0.470. The SMILES string of the molecule is COc1cc(C=CC=O)cc(OC)c1OC(C)=O. The topological polar surface area (TPSA) is 61.8 Å². The minimum absolute atomic E-state index is 0.218. The Labute approximate surface area is 105 Å². The molecule has 0 aliphatic heterocycles. The number of rotatable bonds is 5. The summed E-state index contributed by atoms with van der Waals surface area (Å²) >= 11 is 0. The molecule has 1 rings (SSSR count). The molecule has 0 saturated heterocycles. The van der Waals surface area contributed by atoms with Gasteiger partial charge in [0.05, 0.1) is 14.2 Å². The van der Waals surface area contributed by atoms with Gasteiger partial charge >= 0.3 is 5.97 Å². The molecule has 0 saturated carbocycles. The third-order valence-corrected chi connectivity index (χ3v) is 2.10. The summed E-state index contributed by atoms with van der Waals surface area (Å²) in [6.07, 6.45) is 3.61. The molecule has 1 aromatic rings. The Balaban J connectivity index is 3.28. The van der Waals surface area contributed by atoms with Gasteiger partial charge in [0, 0.05) is 6.92 Å². The van der Waals surface area contributed by atoms with E-state index in [1.54, 1.807) is 18.2 Å². The molecule has 0 spiro atoms. The smallest absolute Gasteiger partial charge is 0.308 e. The van der Waals surface area contributed by atoms with Gasteiger partial charge in [0.25, 0.3) is 0 Å². The second-order valence-corrected chi connectivity index (χ2v) is 3.34. The summed E-state index contributed by atoms with van der Waals surface area (Å²) in [5, 5.41) is 0. The predicted octanol–water partition coefficient (Wildman–Crippen LogP) is 1.84. The molecule has 0 radical (unpaired) electrons. The van der Waals surface area contributed by atoms with Crippen molar-refractivity contribution in [2.24, 2.45) is 0 Å². The fourth-order valence-electron chi connectivity index (χ4n) is 1.39. The van der Waals surface area contributed by atoms with Gasteiger partial charge in [0.2, 0.25) is 5.75 Å². The van der Waals surface area contributed by atoms with Crippen molar-refractivity contribution in [3.05, 3.63) is 23.8 Å². The van der Waals surface area contributed by atoms with Crippen molar-refractivity contribution in [1.29, 1.82) is 0 Å². The average Bonchev–Trinajstić information content (AvgIpc) is 2.36. The van der Waals surface area contributed by atoms with Crippen molar-refractivity contribution in [2.75, 3.05) is 14.2 Å². The Morgan fingerprint density at radius 3 is 2.11 bits per heavy atom. The van der Waals surface area contributed by atoms with Gasteiger partial charge in [-0.05, 0) is 23.8 Å². The lowest BCUT2D eigenvalue weighted by atomic mass is 10.1. The average molecular weight is 250 g/mol. The number of methoxy groups -OCH3 is 2. The second kappa shape index (κ2) is 6.44. The van der Waals surface area contributed by atoms with Crippen molar-refractivity contribution < 1.29 is 23.8 Å². The zero-order valence-electron chi connectivity index (χ0n) is 10.4. The van der Waals surface area contributed by atoms with Crippen molar-refractivity contribution >= 4 is 18.3 Å². The fourth-order valence-corrected chi connectivity index (χ4v) is 1.39. The highest BCUT2D eigenvalue weighted by atomic mass is 16.6. The van der Waals surface area contributed by atoms with E-state index in [0.29, 0.717) is 23.3 Å². The molecule has 0 unspecified atom stereocenters. The molecule has 1 aromatic carbocycles. The van der Waals surface area contributed by atoms with Gasteiger partial charge in [-0.1, -0.05) is 6.08 Å². The van der Waals surface area contributed by atoms with Crippen LogP contribution in [0.25, 0.3) is 6.08 Å². The molecule has 5 nitrogen and oxygen atoms in total. The second-order valence-electron chi connectivity index (χ2n) is 3.34. The lowest BCUT2D eigenvalue weighted by molar-refractivity contribution is -0.132. The van der Waals surface area contributed by atoms with Crippen LogP contribution in [0.15, 0.2) is 18.2 Å². The number of hydrogen-bond donors (Lipinski definition) is 0. The summed E-state index contributed by atoms with van der Waals surface area (Å²) in [7, 11) is 2.91. The quantitative estimate of drug-likeness (QED) is 0.345. The van der Waals surface area contributed by atoms with Crippen LogP contribution in [0.2, 0.25) is 0 Å². The lowest BCUT2D eigenvalue weighted by Gasteiger charge is -2.13. The molecule has 0 N–H and O–H groups in total. The van der Waals surface area contributed by atoms with Crippen molar-refractivity contribution in [3.63, 3.8) is 0 Å². The van der Waals surface area contributed by atoms with E-state index >= 15 is 0 Å². The molecule has 96 valence electrons.